The lowest BCUT2D eigenvalue weighted by Crippen LogP contribution is -2.16. The topological polar surface area (TPSA) is 68.0 Å². The molecule has 0 unspecified atom stereocenters. The van der Waals surface area contributed by atoms with Crippen LogP contribution < -0.4 is 11.1 Å². The summed E-state index contributed by atoms with van der Waals surface area (Å²) in [5, 5.41) is 2.52. The van der Waals surface area contributed by atoms with E-state index in [0.29, 0.717) is 11.3 Å². The minimum absolute atomic E-state index is 0.0211. The van der Waals surface area contributed by atoms with Crippen molar-refractivity contribution in [1.82, 2.24) is 4.98 Å². The van der Waals surface area contributed by atoms with Crippen LogP contribution in [-0.4, -0.2) is 10.9 Å². The number of carbonyl (C=O) groups excluding carboxylic acids is 1. The van der Waals surface area contributed by atoms with E-state index in [9.17, 15) is 18.0 Å². The molecule has 1 heterocycles. The van der Waals surface area contributed by atoms with Crippen LogP contribution in [0.3, 0.4) is 0 Å². The molecule has 0 radical (unpaired) electrons. The number of nitrogens with zero attached hydrogens (tertiary/aromatic N) is 1. The molecule has 0 aliphatic heterocycles. The monoisotopic (exact) mass is 295 g/mol. The summed E-state index contributed by atoms with van der Waals surface area (Å²) in [5.41, 5.74) is 5.58. The molecule has 3 N–H and O–H groups in total. The van der Waals surface area contributed by atoms with Crippen LogP contribution in [0.2, 0.25) is 0 Å². The minimum Gasteiger partial charge on any atom is -0.398 e. The van der Waals surface area contributed by atoms with E-state index in [0.717, 1.165) is 18.2 Å². The molecule has 2 rings (SSSR count). The quantitative estimate of drug-likeness (QED) is 0.836. The average molecular weight is 295 g/mol. The van der Waals surface area contributed by atoms with Crippen molar-refractivity contribution in [2.45, 2.75) is 13.1 Å². The molecule has 4 nitrogen and oxygen atoms in total. The Kier molecular flexibility index (Phi) is 3.84. The zero-order chi connectivity index (χ0) is 15.6. The molecule has 0 atom stereocenters. The number of carbonyl (C=O) groups is 1. The fourth-order valence-corrected chi connectivity index (χ4v) is 1.73. The molecule has 0 aliphatic rings. The van der Waals surface area contributed by atoms with Crippen LogP contribution in [0.5, 0.6) is 0 Å². The van der Waals surface area contributed by atoms with Crippen LogP contribution in [0.15, 0.2) is 36.7 Å². The molecular formula is C14H12F3N3O. The third-order valence-corrected chi connectivity index (χ3v) is 2.89. The van der Waals surface area contributed by atoms with Gasteiger partial charge in [-0.05, 0) is 36.8 Å². The van der Waals surface area contributed by atoms with Crippen LogP contribution in [0.25, 0.3) is 0 Å². The summed E-state index contributed by atoms with van der Waals surface area (Å²) in [5.74, 6) is -0.701. The van der Waals surface area contributed by atoms with Gasteiger partial charge >= 0.3 is 6.18 Å². The molecule has 0 spiro atoms. The van der Waals surface area contributed by atoms with Gasteiger partial charge in [-0.15, -0.1) is 0 Å². The highest BCUT2D eigenvalue weighted by Crippen LogP contribution is 2.31. The van der Waals surface area contributed by atoms with Gasteiger partial charge in [-0.25, -0.2) is 0 Å². The Balaban J connectivity index is 2.33. The number of aryl methyl sites for hydroxylation is 1. The molecule has 0 saturated carbocycles. The molecule has 1 aromatic carbocycles. The molecule has 0 bridgehead atoms. The standard InChI is InChI=1S/C14H12F3N3O/c1-8-7-19-5-4-12(8)20-13(21)10-6-9(14(15,16)17)2-3-11(10)18/h2-7H,18H2,1H3,(H,19,20,21). The Morgan fingerprint density at radius 2 is 2.00 bits per heavy atom. The van der Waals surface area contributed by atoms with E-state index in [2.05, 4.69) is 10.3 Å². The van der Waals surface area contributed by atoms with Crippen molar-refractivity contribution in [2.75, 3.05) is 11.1 Å². The van der Waals surface area contributed by atoms with Gasteiger partial charge in [0.1, 0.15) is 0 Å². The first-order valence-corrected chi connectivity index (χ1v) is 5.97. The molecule has 110 valence electrons. The Labute approximate surface area is 118 Å². The first-order valence-electron chi connectivity index (χ1n) is 5.97. The van der Waals surface area contributed by atoms with Gasteiger partial charge in [0.05, 0.1) is 11.1 Å². The molecule has 1 amide bonds. The Hall–Kier alpha value is -2.57. The third kappa shape index (κ3) is 3.31. The Morgan fingerprint density at radius 3 is 2.62 bits per heavy atom. The van der Waals surface area contributed by atoms with E-state index in [4.69, 9.17) is 5.73 Å². The predicted molar refractivity (Wildman–Crippen MR) is 72.8 cm³/mol. The van der Waals surface area contributed by atoms with Gasteiger partial charge in [0.15, 0.2) is 0 Å². The van der Waals surface area contributed by atoms with E-state index in [1.54, 1.807) is 13.0 Å². The normalized spacial score (nSPS) is 11.2. The van der Waals surface area contributed by atoms with Gasteiger partial charge in [0.2, 0.25) is 0 Å². The molecule has 21 heavy (non-hydrogen) atoms. The lowest BCUT2D eigenvalue weighted by Gasteiger charge is -2.12. The highest BCUT2D eigenvalue weighted by Gasteiger charge is 2.31. The van der Waals surface area contributed by atoms with Crippen LogP contribution in [-0.2, 0) is 6.18 Å². The number of nitrogen functional groups attached to an aromatic ring is 1. The predicted octanol–water partition coefficient (Wildman–Crippen LogP) is 3.24. The summed E-state index contributed by atoms with van der Waals surface area (Å²) >= 11 is 0. The zero-order valence-electron chi connectivity index (χ0n) is 11.0. The number of nitrogens with two attached hydrogens (primary N) is 1. The number of alkyl halides is 3. The minimum atomic E-state index is -4.53. The van der Waals surface area contributed by atoms with Crippen molar-refractivity contribution in [2.24, 2.45) is 0 Å². The van der Waals surface area contributed by atoms with Gasteiger partial charge in [-0.1, -0.05) is 0 Å². The Bertz CT molecular complexity index is 683. The average Bonchev–Trinajstić information content (AvgIpc) is 2.40. The summed E-state index contributed by atoms with van der Waals surface area (Å²) in [6.07, 6.45) is -1.53. The number of benzene rings is 1. The fraction of sp³-hybridized carbons (Fsp3) is 0.143. The highest BCUT2D eigenvalue weighted by molar-refractivity contribution is 6.08. The van der Waals surface area contributed by atoms with Crippen molar-refractivity contribution < 1.29 is 18.0 Å². The first-order chi connectivity index (χ1) is 9.79. The van der Waals surface area contributed by atoms with Gasteiger partial charge < -0.3 is 11.1 Å². The van der Waals surface area contributed by atoms with Gasteiger partial charge in [-0.2, -0.15) is 13.2 Å². The number of nitrogens with one attached hydrogen (secondary N) is 1. The number of anilines is 2. The number of hydrogen-bond donors (Lipinski definition) is 2. The third-order valence-electron chi connectivity index (χ3n) is 2.89. The molecule has 0 aliphatic carbocycles. The second-order valence-corrected chi connectivity index (χ2v) is 4.44. The van der Waals surface area contributed by atoms with E-state index in [-0.39, 0.29) is 11.3 Å². The van der Waals surface area contributed by atoms with E-state index in [1.165, 1.54) is 12.4 Å². The molecular weight excluding hydrogens is 283 g/mol. The summed E-state index contributed by atoms with van der Waals surface area (Å²) in [4.78, 5) is 16.0. The summed E-state index contributed by atoms with van der Waals surface area (Å²) in [6, 6.07) is 4.19. The van der Waals surface area contributed by atoms with Crippen molar-refractivity contribution in [3.05, 3.63) is 53.3 Å². The second-order valence-electron chi connectivity index (χ2n) is 4.44. The molecule has 1 aromatic heterocycles. The maximum atomic E-state index is 12.7. The number of rotatable bonds is 2. The smallest absolute Gasteiger partial charge is 0.398 e. The largest absolute Gasteiger partial charge is 0.416 e. The van der Waals surface area contributed by atoms with Crippen LogP contribution in [0.1, 0.15) is 21.5 Å². The molecule has 0 fully saturated rings. The Morgan fingerprint density at radius 1 is 1.29 bits per heavy atom. The van der Waals surface area contributed by atoms with Crippen molar-refractivity contribution in [3.8, 4) is 0 Å². The van der Waals surface area contributed by atoms with E-state index >= 15 is 0 Å². The summed E-state index contributed by atoms with van der Waals surface area (Å²) < 4.78 is 38.0. The van der Waals surface area contributed by atoms with E-state index in [1.807, 2.05) is 0 Å². The zero-order valence-corrected chi connectivity index (χ0v) is 11.0. The maximum Gasteiger partial charge on any atom is 0.416 e. The van der Waals surface area contributed by atoms with Crippen molar-refractivity contribution in [3.63, 3.8) is 0 Å². The lowest BCUT2D eigenvalue weighted by atomic mass is 10.1. The van der Waals surface area contributed by atoms with Crippen molar-refractivity contribution >= 4 is 17.3 Å². The van der Waals surface area contributed by atoms with Crippen molar-refractivity contribution in [1.29, 1.82) is 0 Å². The van der Waals surface area contributed by atoms with E-state index < -0.39 is 17.6 Å². The van der Waals surface area contributed by atoms with Gasteiger partial charge in [0, 0.05) is 23.8 Å². The number of hydrogen-bond acceptors (Lipinski definition) is 3. The highest BCUT2D eigenvalue weighted by atomic mass is 19.4. The molecule has 7 heteroatoms. The van der Waals surface area contributed by atoms with Gasteiger partial charge in [-0.3, -0.25) is 9.78 Å². The summed E-state index contributed by atoms with van der Waals surface area (Å²) in [6.45, 7) is 1.72. The van der Waals surface area contributed by atoms with Crippen LogP contribution in [0.4, 0.5) is 24.5 Å². The van der Waals surface area contributed by atoms with Crippen LogP contribution in [0, 0.1) is 6.92 Å². The molecule has 2 aromatic rings. The second kappa shape index (κ2) is 5.43. The SMILES string of the molecule is Cc1cnccc1NC(=O)c1cc(C(F)(F)F)ccc1N. The van der Waals surface area contributed by atoms with Gasteiger partial charge in [0.25, 0.3) is 5.91 Å². The number of aromatic nitrogens is 1. The summed E-state index contributed by atoms with van der Waals surface area (Å²) in [7, 11) is 0. The number of amides is 1. The first kappa shape index (κ1) is 14.8. The number of halogens is 3. The maximum absolute atomic E-state index is 12.7. The lowest BCUT2D eigenvalue weighted by molar-refractivity contribution is -0.137. The number of pyridine rings is 1. The molecule has 0 saturated heterocycles. The van der Waals surface area contributed by atoms with Crippen LogP contribution >= 0.6 is 0 Å². The fourth-order valence-electron chi connectivity index (χ4n) is 1.73.